The number of halogens is 1. The number of sulfone groups is 1. The normalized spacial score (nSPS) is 11.0. The van der Waals surface area contributed by atoms with Gasteiger partial charge >= 0.3 is 0 Å². The molecule has 1 amide bonds. The molecule has 0 fully saturated rings. The summed E-state index contributed by atoms with van der Waals surface area (Å²) in [5, 5.41) is 6.21. The van der Waals surface area contributed by atoms with Crippen molar-refractivity contribution in [2.75, 3.05) is 24.3 Å². The number of carbonyl (C=O) groups is 1. The number of benzene rings is 3. The first-order valence-corrected chi connectivity index (χ1v) is 11.1. The molecule has 156 valence electrons. The molecule has 0 saturated carbocycles. The van der Waals surface area contributed by atoms with E-state index >= 15 is 0 Å². The van der Waals surface area contributed by atoms with Gasteiger partial charge in [0.1, 0.15) is 5.75 Å². The predicted molar refractivity (Wildman–Crippen MR) is 119 cm³/mol. The fourth-order valence-electron chi connectivity index (χ4n) is 2.88. The van der Waals surface area contributed by atoms with Crippen LogP contribution >= 0.6 is 11.6 Å². The highest BCUT2D eigenvalue weighted by Gasteiger charge is 2.17. The molecule has 8 heteroatoms. The van der Waals surface area contributed by atoms with Gasteiger partial charge in [0.2, 0.25) is 5.91 Å². The zero-order valence-electron chi connectivity index (χ0n) is 16.3. The number of anilines is 2. The minimum Gasteiger partial charge on any atom is -0.495 e. The van der Waals surface area contributed by atoms with E-state index in [1.807, 2.05) is 0 Å². The molecule has 6 nitrogen and oxygen atoms in total. The van der Waals surface area contributed by atoms with Crippen LogP contribution in [-0.2, 0) is 20.4 Å². The van der Waals surface area contributed by atoms with Crippen molar-refractivity contribution in [1.82, 2.24) is 0 Å². The average molecular weight is 445 g/mol. The highest BCUT2D eigenvalue weighted by atomic mass is 35.5. The van der Waals surface area contributed by atoms with Crippen LogP contribution in [-0.4, -0.2) is 28.0 Å². The fraction of sp³-hybridized carbons (Fsp3) is 0.136. The van der Waals surface area contributed by atoms with Crippen LogP contribution in [0.3, 0.4) is 0 Å². The van der Waals surface area contributed by atoms with Crippen LogP contribution in [0.15, 0.2) is 77.7 Å². The molecule has 0 aliphatic carbocycles. The van der Waals surface area contributed by atoms with Crippen molar-refractivity contribution in [1.29, 1.82) is 0 Å². The number of hydrogen-bond acceptors (Lipinski definition) is 5. The topological polar surface area (TPSA) is 84.5 Å². The molecule has 3 rings (SSSR count). The predicted octanol–water partition coefficient (Wildman–Crippen LogP) is 4.37. The van der Waals surface area contributed by atoms with Crippen molar-refractivity contribution < 1.29 is 17.9 Å². The van der Waals surface area contributed by atoms with E-state index < -0.39 is 9.84 Å². The maximum absolute atomic E-state index is 12.7. The van der Waals surface area contributed by atoms with Gasteiger partial charge in [-0.2, -0.15) is 0 Å². The number of carbonyl (C=O) groups excluding carboxylic acids is 1. The lowest BCUT2D eigenvalue weighted by molar-refractivity contribution is -0.114. The number of nitrogens with one attached hydrogen (secondary N) is 2. The van der Waals surface area contributed by atoms with Gasteiger partial charge in [-0.05, 0) is 42.0 Å². The fourth-order valence-corrected chi connectivity index (χ4v) is 4.45. The minimum absolute atomic E-state index is 0.0575. The summed E-state index contributed by atoms with van der Waals surface area (Å²) in [4.78, 5) is 12.6. The largest absolute Gasteiger partial charge is 0.495 e. The number of methoxy groups -OCH3 is 1. The molecule has 2 N–H and O–H groups in total. The van der Waals surface area contributed by atoms with Crippen molar-refractivity contribution in [2.24, 2.45) is 0 Å². The van der Waals surface area contributed by atoms with Crippen LogP contribution in [0.4, 0.5) is 11.4 Å². The Hall–Kier alpha value is -3.03. The van der Waals surface area contributed by atoms with Crippen LogP contribution in [0.2, 0.25) is 5.02 Å². The van der Waals surface area contributed by atoms with Crippen molar-refractivity contribution in [3.8, 4) is 5.75 Å². The second-order valence-electron chi connectivity index (χ2n) is 6.48. The molecule has 3 aromatic carbocycles. The summed E-state index contributed by atoms with van der Waals surface area (Å²) in [5.74, 6) is -0.0115. The molecule has 0 saturated heterocycles. The highest BCUT2D eigenvalue weighted by molar-refractivity contribution is 7.90. The summed E-state index contributed by atoms with van der Waals surface area (Å²) in [7, 11) is -2.01. The Labute approximate surface area is 180 Å². The Morgan fingerprint density at radius 2 is 1.67 bits per heavy atom. The Morgan fingerprint density at radius 3 is 2.40 bits per heavy atom. The molecule has 0 spiro atoms. The number of hydrogen-bond donors (Lipinski definition) is 2. The molecule has 0 heterocycles. The molecule has 3 aromatic rings. The van der Waals surface area contributed by atoms with E-state index in [4.69, 9.17) is 16.3 Å². The third-order valence-corrected chi connectivity index (χ3v) is 6.26. The first-order valence-electron chi connectivity index (χ1n) is 9.12. The first-order chi connectivity index (χ1) is 14.4. The molecule has 0 aliphatic heterocycles. The Bertz CT molecular complexity index is 1130. The van der Waals surface area contributed by atoms with E-state index in [0.29, 0.717) is 27.7 Å². The van der Waals surface area contributed by atoms with Gasteiger partial charge in [-0.3, -0.25) is 4.79 Å². The zero-order valence-corrected chi connectivity index (χ0v) is 17.8. The lowest BCUT2D eigenvalue weighted by atomic mass is 10.2. The second-order valence-corrected chi connectivity index (χ2v) is 8.90. The van der Waals surface area contributed by atoms with Crippen molar-refractivity contribution in [3.63, 3.8) is 0 Å². The summed E-state index contributed by atoms with van der Waals surface area (Å²) in [6.07, 6.45) is 0. The van der Waals surface area contributed by atoms with Gasteiger partial charge in [-0.1, -0.05) is 48.0 Å². The molecule has 0 atom stereocenters. The quantitative estimate of drug-likeness (QED) is 0.538. The van der Waals surface area contributed by atoms with Crippen molar-refractivity contribution >= 4 is 38.7 Å². The van der Waals surface area contributed by atoms with E-state index in [0.717, 1.165) is 0 Å². The Morgan fingerprint density at radius 1 is 0.967 bits per heavy atom. The van der Waals surface area contributed by atoms with Crippen LogP contribution in [0, 0.1) is 0 Å². The van der Waals surface area contributed by atoms with Gasteiger partial charge in [0, 0.05) is 10.7 Å². The van der Waals surface area contributed by atoms with Crippen molar-refractivity contribution in [3.05, 3.63) is 83.4 Å². The van der Waals surface area contributed by atoms with Gasteiger partial charge in [-0.25, -0.2) is 8.42 Å². The smallest absolute Gasteiger partial charge is 0.243 e. The summed E-state index contributed by atoms with van der Waals surface area (Å²) < 4.78 is 30.6. The van der Waals surface area contributed by atoms with Gasteiger partial charge in [0.25, 0.3) is 0 Å². The van der Waals surface area contributed by atoms with E-state index in [1.54, 1.807) is 72.8 Å². The molecule has 0 unspecified atom stereocenters. The third kappa shape index (κ3) is 5.52. The van der Waals surface area contributed by atoms with Crippen LogP contribution < -0.4 is 15.4 Å². The van der Waals surface area contributed by atoms with Gasteiger partial charge < -0.3 is 15.4 Å². The third-order valence-electron chi connectivity index (χ3n) is 4.34. The summed E-state index contributed by atoms with van der Waals surface area (Å²) in [5.41, 5.74) is 1.61. The van der Waals surface area contributed by atoms with Crippen LogP contribution in [0.25, 0.3) is 0 Å². The van der Waals surface area contributed by atoms with E-state index in [1.165, 1.54) is 7.11 Å². The maximum atomic E-state index is 12.7. The Kier molecular flexibility index (Phi) is 6.97. The molecular formula is C22H21ClN2O4S. The molecule has 0 radical (unpaired) electrons. The summed E-state index contributed by atoms with van der Waals surface area (Å²) in [6.45, 7) is -0.0575. The molecule has 0 bridgehead atoms. The lowest BCUT2D eigenvalue weighted by Crippen LogP contribution is -2.22. The van der Waals surface area contributed by atoms with Crippen LogP contribution in [0.1, 0.15) is 5.56 Å². The van der Waals surface area contributed by atoms with Gasteiger partial charge in [0.15, 0.2) is 9.84 Å². The SMILES string of the molecule is COc1ccc(Cl)cc1NC(=O)CNc1ccccc1CS(=O)(=O)c1ccccc1. The lowest BCUT2D eigenvalue weighted by Gasteiger charge is -2.14. The van der Waals surface area contributed by atoms with Gasteiger partial charge in [0.05, 0.1) is 30.0 Å². The summed E-state index contributed by atoms with van der Waals surface area (Å²) in [6, 6.07) is 20.2. The highest BCUT2D eigenvalue weighted by Crippen LogP contribution is 2.27. The standard InChI is InChI=1S/C22H21ClN2O4S/c1-29-21-12-11-17(23)13-20(21)25-22(26)14-24-19-10-6-5-7-16(19)15-30(27,28)18-8-3-2-4-9-18/h2-13,24H,14-15H2,1H3,(H,25,26). The molecular weight excluding hydrogens is 424 g/mol. The second kappa shape index (κ2) is 9.65. The summed E-state index contributed by atoms with van der Waals surface area (Å²) >= 11 is 5.98. The van der Waals surface area contributed by atoms with Crippen LogP contribution in [0.5, 0.6) is 5.75 Å². The van der Waals surface area contributed by atoms with Gasteiger partial charge in [-0.15, -0.1) is 0 Å². The van der Waals surface area contributed by atoms with E-state index in [-0.39, 0.29) is 23.1 Å². The van der Waals surface area contributed by atoms with E-state index in [2.05, 4.69) is 10.6 Å². The number of para-hydroxylation sites is 1. The van der Waals surface area contributed by atoms with E-state index in [9.17, 15) is 13.2 Å². The average Bonchev–Trinajstić information content (AvgIpc) is 2.74. The number of amides is 1. The number of rotatable bonds is 8. The first kappa shape index (κ1) is 21.7. The van der Waals surface area contributed by atoms with Crippen molar-refractivity contribution in [2.45, 2.75) is 10.6 Å². The molecule has 0 aliphatic rings. The molecule has 30 heavy (non-hydrogen) atoms. The Balaban J connectivity index is 1.70. The minimum atomic E-state index is -3.51. The zero-order chi connectivity index (χ0) is 21.6. The maximum Gasteiger partial charge on any atom is 0.243 e. The molecule has 0 aromatic heterocycles. The number of ether oxygens (including phenoxy) is 1. The monoisotopic (exact) mass is 444 g/mol.